The summed E-state index contributed by atoms with van der Waals surface area (Å²) in [6, 6.07) is 17.4. The van der Waals surface area contributed by atoms with Gasteiger partial charge in [-0.2, -0.15) is 0 Å². The third-order valence-corrected chi connectivity index (χ3v) is 5.01. The number of hydrogen-bond acceptors (Lipinski definition) is 5. The third-order valence-electron chi connectivity index (χ3n) is 5.01. The maximum absolute atomic E-state index is 12.4. The molecule has 2 aromatic carbocycles. The monoisotopic (exact) mass is 409 g/mol. The van der Waals surface area contributed by atoms with Crippen molar-refractivity contribution in [2.75, 3.05) is 26.2 Å². The summed E-state index contributed by atoms with van der Waals surface area (Å²) >= 11 is 0. The van der Waals surface area contributed by atoms with Gasteiger partial charge in [-0.15, -0.1) is 0 Å². The molecule has 0 aromatic heterocycles. The minimum Gasteiger partial charge on any atom is -0.460 e. The molecule has 0 amide bonds. The summed E-state index contributed by atoms with van der Waals surface area (Å²) in [5.74, 6) is -0.0523. The lowest BCUT2D eigenvalue weighted by atomic mass is 10.00. The molecule has 0 N–H and O–H groups in total. The molecule has 0 spiro atoms. The number of ketones is 1. The maximum Gasteiger partial charge on any atom is 0.307 e. The first-order valence-electron chi connectivity index (χ1n) is 10.5. The fourth-order valence-corrected chi connectivity index (χ4v) is 3.51. The number of ether oxygens (including phenoxy) is 2. The van der Waals surface area contributed by atoms with Crippen molar-refractivity contribution in [1.29, 1.82) is 0 Å². The molecule has 1 fully saturated rings. The summed E-state index contributed by atoms with van der Waals surface area (Å²) in [4.78, 5) is 26.6. The van der Waals surface area contributed by atoms with E-state index in [0.29, 0.717) is 26.0 Å². The number of nitrogens with zero attached hydrogens (tertiary/aromatic N) is 1. The van der Waals surface area contributed by atoms with E-state index in [4.69, 9.17) is 9.47 Å². The van der Waals surface area contributed by atoms with E-state index in [-0.39, 0.29) is 17.9 Å². The van der Waals surface area contributed by atoms with Gasteiger partial charge >= 0.3 is 5.97 Å². The predicted molar refractivity (Wildman–Crippen MR) is 117 cm³/mol. The van der Waals surface area contributed by atoms with Crippen molar-refractivity contribution < 1.29 is 19.1 Å². The van der Waals surface area contributed by atoms with Crippen LogP contribution in [0.5, 0.6) is 0 Å². The molecule has 2 aromatic rings. The standard InChI is InChI=1S/C25H31NO4/c1-25(2,3)30-24(28)13-14-26-15-16-29-23(18-26)21-11-9-19(10-12-21)17-22(27)20-7-5-4-6-8-20/h4-12,23H,13-18H2,1-3H3. The fourth-order valence-electron chi connectivity index (χ4n) is 3.51. The smallest absolute Gasteiger partial charge is 0.307 e. The first-order valence-corrected chi connectivity index (χ1v) is 10.5. The minimum atomic E-state index is -0.450. The average molecular weight is 410 g/mol. The lowest BCUT2D eigenvalue weighted by Crippen LogP contribution is -2.39. The molecule has 1 saturated heterocycles. The zero-order valence-electron chi connectivity index (χ0n) is 18.1. The van der Waals surface area contributed by atoms with Crippen LogP contribution < -0.4 is 0 Å². The zero-order valence-corrected chi connectivity index (χ0v) is 18.1. The van der Waals surface area contributed by atoms with Crippen molar-refractivity contribution in [3.63, 3.8) is 0 Å². The molecule has 5 heteroatoms. The van der Waals surface area contributed by atoms with Gasteiger partial charge in [-0.25, -0.2) is 0 Å². The normalized spacial score (nSPS) is 17.5. The van der Waals surface area contributed by atoms with Gasteiger partial charge < -0.3 is 9.47 Å². The Hall–Kier alpha value is -2.50. The van der Waals surface area contributed by atoms with Crippen LogP contribution in [0.15, 0.2) is 54.6 Å². The van der Waals surface area contributed by atoms with Gasteiger partial charge in [-0.3, -0.25) is 14.5 Å². The average Bonchev–Trinajstić information content (AvgIpc) is 2.72. The molecule has 1 atom stereocenters. The molecular formula is C25H31NO4. The van der Waals surface area contributed by atoms with Crippen molar-refractivity contribution in [1.82, 2.24) is 4.90 Å². The van der Waals surface area contributed by atoms with E-state index in [1.807, 2.05) is 75.4 Å². The van der Waals surface area contributed by atoms with Gasteiger partial charge in [-0.05, 0) is 31.9 Å². The van der Waals surface area contributed by atoms with E-state index in [9.17, 15) is 9.59 Å². The van der Waals surface area contributed by atoms with Crippen LogP contribution in [0.25, 0.3) is 0 Å². The van der Waals surface area contributed by atoms with Crippen LogP contribution in [0.2, 0.25) is 0 Å². The van der Waals surface area contributed by atoms with Gasteiger partial charge in [0.05, 0.1) is 19.1 Å². The number of benzene rings is 2. The topological polar surface area (TPSA) is 55.8 Å². The van der Waals surface area contributed by atoms with E-state index in [0.717, 1.165) is 29.8 Å². The van der Waals surface area contributed by atoms with Gasteiger partial charge in [0, 0.05) is 31.6 Å². The molecule has 1 heterocycles. The zero-order chi connectivity index (χ0) is 21.6. The molecule has 5 nitrogen and oxygen atoms in total. The molecule has 0 bridgehead atoms. The number of carbonyl (C=O) groups excluding carboxylic acids is 2. The summed E-state index contributed by atoms with van der Waals surface area (Å²) in [5.41, 5.74) is 2.37. The third kappa shape index (κ3) is 6.78. The Morgan fingerprint density at radius 1 is 1.07 bits per heavy atom. The quantitative estimate of drug-likeness (QED) is 0.506. The summed E-state index contributed by atoms with van der Waals surface area (Å²) < 4.78 is 11.3. The lowest BCUT2D eigenvalue weighted by Gasteiger charge is -2.33. The van der Waals surface area contributed by atoms with E-state index in [1.54, 1.807) is 0 Å². The Balaban J connectivity index is 1.52. The summed E-state index contributed by atoms with van der Waals surface area (Å²) in [5, 5.41) is 0. The second-order valence-electron chi connectivity index (χ2n) is 8.70. The highest BCUT2D eigenvalue weighted by Gasteiger charge is 2.23. The van der Waals surface area contributed by atoms with Gasteiger partial charge in [0.1, 0.15) is 5.60 Å². The molecule has 0 radical (unpaired) electrons. The molecule has 0 aliphatic carbocycles. The molecule has 160 valence electrons. The second-order valence-corrected chi connectivity index (χ2v) is 8.70. The number of morpholine rings is 1. The van der Waals surface area contributed by atoms with Crippen LogP contribution in [0.3, 0.4) is 0 Å². The second kappa shape index (κ2) is 10.0. The molecule has 3 rings (SSSR count). The Morgan fingerprint density at radius 2 is 1.77 bits per heavy atom. The summed E-state index contributed by atoms with van der Waals surface area (Å²) in [6.07, 6.45) is 0.735. The fraction of sp³-hybridized carbons (Fsp3) is 0.440. The van der Waals surface area contributed by atoms with E-state index >= 15 is 0 Å². The SMILES string of the molecule is CC(C)(C)OC(=O)CCN1CCOC(c2ccc(CC(=O)c3ccccc3)cc2)C1. The van der Waals surface area contributed by atoms with E-state index in [1.165, 1.54) is 0 Å². The van der Waals surface area contributed by atoms with Gasteiger partial charge in [0.2, 0.25) is 0 Å². The Morgan fingerprint density at radius 3 is 2.43 bits per heavy atom. The van der Waals surface area contributed by atoms with Crippen LogP contribution in [0.1, 0.15) is 54.8 Å². The molecule has 0 saturated carbocycles. The van der Waals surface area contributed by atoms with Crippen LogP contribution in [0, 0.1) is 0 Å². The molecule has 30 heavy (non-hydrogen) atoms. The maximum atomic E-state index is 12.4. The van der Waals surface area contributed by atoms with E-state index < -0.39 is 5.60 Å². The first kappa shape index (κ1) is 22.2. The van der Waals surface area contributed by atoms with Crippen molar-refractivity contribution in [3.05, 3.63) is 71.3 Å². The van der Waals surface area contributed by atoms with Crippen molar-refractivity contribution in [2.45, 2.75) is 45.3 Å². The number of carbonyl (C=O) groups is 2. The number of rotatable bonds is 7. The molecule has 1 unspecified atom stereocenters. The van der Waals surface area contributed by atoms with Crippen LogP contribution >= 0.6 is 0 Å². The highest BCUT2D eigenvalue weighted by molar-refractivity contribution is 5.97. The number of hydrogen-bond donors (Lipinski definition) is 0. The Kier molecular flexibility index (Phi) is 7.40. The van der Waals surface area contributed by atoms with Crippen LogP contribution in [-0.4, -0.2) is 48.5 Å². The van der Waals surface area contributed by atoms with Gasteiger partial charge in [0.25, 0.3) is 0 Å². The van der Waals surface area contributed by atoms with Crippen molar-refractivity contribution >= 4 is 11.8 Å². The summed E-state index contributed by atoms with van der Waals surface area (Å²) in [7, 11) is 0. The van der Waals surface area contributed by atoms with Crippen molar-refractivity contribution in [3.8, 4) is 0 Å². The van der Waals surface area contributed by atoms with E-state index in [2.05, 4.69) is 4.90 Å². The first-order chi connectivity index (χ1) is 14.3. The Bertz CT molecular complexity index is 840. The Labute approximate surface area is 179 Å². The molecule has 1 aliphatic rings. The minimum absolute atomic E-state index is 0.0312. The number of Topliss-reactive ketones (excluding diaryl/α,β-unsaturated/α-hetero) is 1. The highest BCUT2D eigenvalue weighted by Crippen LogP contribution is 2.23. The van der Waals surface area contributed by atoms with Crippen molar-refractivity contribution in [2.24, 2.45) is 0 Å². The molecule has 1 aliphatic heterocycles. The van der Waals surface area contributed by atoms with Crippen LogP contribution in [0.4, 0.5) is 0 Å². The predicted octanol–water partition coefficient (Wildman–Crippen LogP) is 4.22. The van der Waals surface area contributed by atoms with Gasteiger partial charge in [-0.1, -0.05) is 54.6 Å². The van der Waals surface area contributed by atoms with Gasteiger partial charge in [0.15, 0.2) is 5.78 Å². The molecular weight excluding hydrogens is 378 g/mol. The lowest BCUT2D eigenvalue weighted by molar-refractivity contribution is -0.155. The number of esters is 1. The van der Waals surface area contributed by atoms with Crippen LogP contribution in [-0.2, 0) is 20.7 Å². The summed E-state index contributed by atoms with van der Waals surface area (Å²) in [6.45, 7) is 8.49. The largest absolute Gasteiger partial charge is 0.460 e. The highest BCUT2D eigenvalue weighted by atomic mass is 16.6.